The fourth-order valence-corrected chi connectivity index (χ4v) is 2.12. The zero-order valence-corrected chi connectivity index (χ0v) is 7.93. The van der Waals surface area contributed by atoms with Crippen LogP contribution in [0, 0.1) is 0 Å². The molecule has 2 aromatic rings. The van der Waals surface area contributed by atoms with E-state index in [0.29, 0.717) is 0 Å². The lowest BCUT2D eigenvalue weighted by Gasteiger charge is -1.97. The molecule has 1 aromatic heterocycles. The van der Waals surface area contributed by atoms with Crippen LogP contribution in [0.15, 0.2) is 24.3 Å². The third-order valence-corrected chi connectivity index (χ3v) is 2.89. The lowest BCUT2D eigenvalue weighted by molar-refractivity contribution is 0.112. The standard InChI is InChI=1S/C10H8O2S/c1-12-8-3-2-7-4-9(6-11)13-10(7)5-8/h2-6H,1H3. The van der Waals surface area contributed by atoms with Gasteiger partial charge < -0.3 is 4.74 Å². The molecule has 0 radical (unpaired) electrons. The number of carbonyl (C=O) groups excluding carboxylic acids is 1. The van der Waals surface area contributed by atoms with Crippen molar-refractivity contribution < 1.29 is 9.53 Å². The molecule has 0 amide bonds. The van der Waals surface area contributed by atoms with Gasteiger partial charge in [0.05, 0.1) is 12.0 Å². The van der Waals surface area contributed by atoms with E-state index in [2.05, 4.69) is 0 Å². The van der Waals surface area contributed by atoms with Gasteiger partial charge in [-0.2, -0.15) is 0 Å². The van der Waals surface area contributed by atoms with Crippen LogP contribution in [0.2, 0.25) is 0 Å². The molecule has 13 heavy (non-hydrogen) atoms. The van der Waals surface area contributed by atoms with E-state index in [9.17, 15) is 4.79 Å². The molecule has 1 aromatic carbocycles. The Morgan fingerprint density at radius 2 is 2.23 bits per heavy atom. The molecule has 2 rings (SSSR count). The number of rotatable bonds is 2. The van der Waals surface area contributed by atoms with Crippen molar-refractivity contribution in [2.24, 2.45) is 0 Å². The van der Waals surface area contributed by atoms with Crippen LogP contribution in [0.4, 0.5) is 0 Å². The minimum Gasteiger partial charge on any atom is -0.497 e. The van der Waals surface area contributed by atoms with Gasteiger partial charge in [0.15, 0.2) is 6.29 Å². The van der Waals surface area contributed by atoms with Crippen LogP contribution >= 0.6 is 11.3 Å². The van der Waals surface area contributed by atoms with Crippen molar-refractivity contribution in [2.45, 2.75) is 0 Å². The molecule has 0 aliphatic carbocycles. The normalized spacial score (nSPS) is 10.2. The van der Waals surface area contributed by atoms with E-state index in [1.54, 1.807) is 7.11 Å². The average Bonchev–Trinajstić information content (AvgIpc) is 2.58. The lowest BCUT2D eigenvalue weighted by atomic mass is 10.2. The Kier molecular flexibility index (Phi) is 2.02. The van der Waals surface area contributed by atoms with Gasteiger partial charge in [0.25, 0.3) is 0 Å². The molecule has 0 bridgehead atoms. The van der Waals surface area contributed by atoms with Crippen LogP contribution in [0.25, 0.3) is 10.1 Å². The molecule has 0 spiro atoms. The van der Waals surface area contributed by atoms with E-state index in [1.165, 1.54) is 11.3 Å². The van der Waals surface area contributed by atoms with Crippen molar-refractivity contribution in [1.82, 2.24) is 0 Å². The van der Waals surface area contributed by atoms with Crippen molar-refractivity contribution in [3.63, 3.8) is 0 Å². The quantitative estimate of drug-likeness (QED) is 0.684. The Morgan fingerprint density at radius 1 is 1.38 bits per heavy atom. The second-order valence-electron chi connectivity index (χ2n) is 2.67. The Balaban J connectivity index is 2.63. The third-order valence-electron chi connectivity index (χ3n) is 1.86. The SMILES string of the molecule is COc1ccc2cc(C=O)sc2c1. The molecule has 0 saturated carbocycles. The average molecular weight is 192 g/mol. The highest BCUT2D eigenvalue weighted by Gasteiger charge is 2.01. The van der Waals surface area contributed by atoms with Gasteiger partial charge in [0, 0.05) is 4.70 Å². The molecule has 0 unspecified atom stereocenters. The minimum atomic E-state index is 0.753. The molecule has 1 heterocycles. The maximum Gasteiger partial charge on any atom is 0.160 e. The van der Waals surface area contributed by atoms with Crippen molar-refractivity contribution in [2.75, 3.05) is 7.11 Å². The Labute approximate surface area is 79.8 Å². The van der Waals surface area contributed by atoms with Crippen molar-refractivity contribution in [3.05, 3.63) is 29.1 Å². The zero-order valence-electron chi connectivity index (χ0n) is 7.11. The predicted molar refractivity (Wildman–Crippen MR) is 53.8 cm³/mol. The Hall–Kier alpha value is -1.35. The highest BCUT2D eigenvalue weighted by Crippen LogP contribution is 2.27. The van der Waals surface area contributed by atoms with Crippen LogP contribution in [-0.2, 0) is 0 Å². The minimum absolute atomic E-state index is 0.753. The van der Waals surface area contributed by atoms with E-state index in [0.717, 1.165) is 27.0 Å². The van der Waals surface area contributed by atoms with Crippen LogP contribution in [-0.4, -0.2) is 13.4 Å². The van der Waals surface area contributed by atoms with Crippen LogP contribution in [0.5, 0.6) is 5.75 Å². The van der Waals surface area contributed by atoms with Gasteiger partial charge >= 0.3 is 0 Å². The van der Waals surface area contributed by atoms with Gasteiger partial charge in [-0.3, -0.25) is 4.79 Å². The van der Waals surface area contributed by atoms with Gasteiger partial charge in [-0.15, -0.1) is 11.3 Å². The summed E-state index contributed by atoms with van der Waals surface area (Å²) in [5.74, 6) is 0.826. The van der Waals surface area contributed by atoms with Gasteiger partial charge in [-0.1, -0.05) is 0 Å². The molecule has 66 valence electrons. The molecule has 0 N–H and O–H groups in total. The molecule has 2 nitrogen and oxygen atoms in total. The summed E-state index contributed by atoms with van der Waals surface area (Å²) in [7, 11) is 1.63. The summed E-state index contributed by atoms with van der Waals surface area (Å²) in [4.78, 5) is 11.3. The lowest BCUT2D eigenvalue weighted by Crippen LogP contribution is -1.79. The summed E-state index contributed by atoms with van der Waals surface area (Å²) in [6, 6.07) is 7.67. The monoisotopic (exact) mass is 192 g/mol. The van der Waals surface area contributed by atoms with E-state index in [1.807, 2.05) is 24.3 Å². The summed E-state index contributed by atoms with van der Waals surface area (Å²) in [5, 5.41) is 1.09. The largest absolute Gasteiger partial charge is 0.497 e. The molecule has 0 aliphatic rings. The van der Waals surface area contributed by atoms with Gasteiger partial charge in [0.1, 0.15) is 5.75 Å². The number of benzene rings is 1. The highest BCUT2D eigenvalue weighted by atomic mass is 32.1. The van der Waals surface area contributed by atoms with E-state index in [4.69, 9.17) is 4.74 Å². The molecular formula is C10H8O2S. The Morgan fingerprint density at radius 3 is 2.92 bits per heavy atom. The van der Waals surface area contributed by atoms with E-state index < -0.39 is 0 Å². The second kappa shape index (κ2) is 3.18. The molecule has 0 atom stereocenters. The second-order valence-corrected chi connectivity index (χ2v) is 3.79. The number of fused-ring (bicyclic) bond motifs is 1. The molecular weight excluding hydrogens is 184 g/mol. The van der Waals surface area contributed by atoms with Gasteiger partial charge in [0.2, 0.25) is 0 Å². The number of thiophene rings is 1. The predicted octanol–water partition coefficient (Wildman–Crippen LogP) is 2.72. The number of aldehydes is 1. The van der Waals surface area contributed by atoms with Crippen LogP contribution in [0.1, 0.15) is 9.67 Å². The maximum atomic E-state index is 10.5. The first-order valence-electron chi connectivity index (χ1n) is 3.86. The summed E-state index contributed by atoms with van der Waals surface area (Å²) in [6.45, 7) is 0. The van der Waals surface area contributed by atoms with Crippen molar-refractivity contribution >= 4 is 27.7 Å². The van der Waals surface area contributed by atoms with E-state index in [-0.39, 0.29) is 0 Å². The van der Waals surface area contributed by atoms with Crippen molar-refractivity contribution in [3.8, 4) is 5.75 Å². The molecule has 0 saturated heterocycles. The highest BCUT2D eigenvalue weighted by molar-refractivity contribution is 7.20. The fourth-order valence-electron chi connectivity index (χ4n) is 1.22. The maximum absolute atomic E-state index is 10.5. The number of methoxy groups -OCH3 is 1. The smallest absolute Gasteiger partial charge is 0.160 e. The van der Waals surface area contributed by atoms with Crippen LogP contribution in [0.3, 0.4) is 0 Å². The molecule has 3 heteroatoms. The fraction of sp³-hybridized carbons (Fsp3) is 0.100. The summed E-state index contributed by atoms with van der Waals surface area (Å²) in [5.41, 5.74) is 0. The number of ether oxygens (including phenoxy) is 1. The molecule has 0 fully saturated rings. The topological polar surface area (TPSA) is 26.3 Å². The summed E-state index contributed by atoms with van der Waals surface area (Å²) < 4.78 is 6.17. The molecule has 0 aliphatic heterocycles. The Bertz CT molecular complexity index is 445. The number of hydrogen-bond donors (Lipinski definition) is 0. The van der Waals surface area contributed by atoms with E-state index >= 15 is 0 Å². The zero-order chi connectivity index (χ0) is 9.26. The van der Waals surface area contributed by atoms with Gasteiger partial charge in [-0.05, 0) is 29.7 Å². The first-order valence-corrected chi connectivity index (χ1v) is 4.68. The van der Waals surface area contributed by atoms with Crippen LogP contribution < -0.4 is 4.74 Å². The number of carbonyl (C=O) groups is 1. The van der Waals surface area contributed by atoms with Gasteiger partial charge in [-0.25, -0.2) is 0 Å². The first kappa shape index (κ1) is 8.26. The summed E-state index contributed by atoms with van der Waals surface area (Å²) in [6.07, 6.45) is 0.872. The van der Waals surface area contributed by atoms with Crippen molar-refractivity contribution in [1.29, 1.82) is 0 Å². The third kappa shape index (κ3) is 1.42. The number of hydrogen-bond acceptors (Lipinski definition) is 3. The first-order chi connectivity index (χ1) is 6.33. The summed E-state index contributed by atoms with van der Waals surface area (Å²) >= 11 is 1.48.